The molecule has 2 aromatic carbocycles. The van der Waals surface area contributed by atoms with E-state index in [-0.39, 0.29) is 18.9 Å². The first-order chi connectivity index (χ1) is 16.7. The summed E-state index contributed by atoms with van der Waals surface area (Å²) in [4.78, 5) is 30.5. The fourth-order valence-electron chi connectivity index (χ4n) is 3.49. The van der Waals surface area contributed by atoms with Crippen LogP contribution in [-0.2, 0) is 16.0 Å². The molecule has 0 saturated carbocycles. The summed E-state index contributed by atoms with van der Waals surface area (Å²) in [6.07, 6.45) is 3.02. The summed E-state index contributed by atoms with van der Waals surface area (Å²) in [6, 6.07) is 10.7. The number of ether oxygens (including phenoxy) is 1. The van der Waals surface area contributed by atoms with Crippen LogP contribution in [-0.4, -0.2) is 49.9 Å². The normalized spacial score (nSPS) is 12.2. The minimum Gasteiger partial charge on any atom is -0.449 e. The summed E-state index contributed by atoms with van der Waals surface area (Å²) in [7, 11) is 3.90. The van der Waals surface area contributed by atoms with Gasteiger partial charge in [-0.2, -0.15) is 5.10 Å². The average Bonchev–Trinajstić information content (AvgIpc) is 3.19. The van der Waals surface area contributed by atoms with Gasteiger partial charge in [0.15, 0.2) is 0 Å². The number of anilines is 1. The third-order valence-electron chi connectivity index (χ3n) is 5.13. The van der Waals surface area contributed by atoms with Crippen LogP contribution in [0.5, 0.6) is 0 Å². The molecule has 0 bridgehead atoms. The lowest BCUT2D eigenvalue weighted by Crippen LogP contribution is -2.47. The monoisotopic (exact) mass is 605 g/mol. The molecule has 3 rings (SSSR count). The number of hydrazone groups is 1. The van der Waals surface area contributed by atoms with Gasteiger partial charge in [0, 0.05) is 46.6 Å². The van der Waals surface area contributed by atoms with Gasteiger partial charge in [0.2, 0.25) is 0 Å². The zero-order chi connectivity index (χ0) is 25.5. The van der Waals surface area contributed by atoms with Crippen molar-refractivity contribution >= 4 is 66.7 Å². The number of aromatic amines is 1. The van der Waals surface area contributed by atoms with Crippen LogP contribution in [0.25, 0.3) is 10.9 Å². The Kier molecular flexibility index (Phi) is 9.33. The SMILES string of the molecule is CC(C)COC(=O)N[C@@H](Cc1c[nH]c2ccccc12)C(=O)N/N=C\c1cc(Br)c(N(C)C)c(Br)c1. The Bertz CT molecular complexity index is 1200. The van der Waals surface area contributed by atoms with Crippen LogP contribution in [0.15, 0.2) is 56.6 Å². The number of para-hydroxylation sites is 1. The molecule has 1 atom stereocenters. The molecule has 3 N–H and O–H groups in total. The molecule has 0 spiro atoms. The maximum Gasteiger partial charge on any atom is 0.407 e. The van der Waals surface area contributed by atoms with Crippen molar-refractivity contribution < 1.29 is 14.3 Å². The van der Waals surface area contributed by atoms with Crippen LogP contribution in [0, 0.1) is 5.92 Å². The highest BCUT2D eigenvalue weighted by Crippen LogP contribution is 2.33. The molecule has 0 aliphatic rings. The lowest BCUT2D eigenvalue weighted by Gasteiger charge is -2.18. The minimum absolute atomic E-state index is 0.184. The second-order valence-electron chi connectivity index (χ2n) is 8.71. The van der Waals surface area contributed by atoms with Gasteiger partial charge in [-0.15, -0.1) is 0 Å². The van der Waals surface area contributed by atoms with Gasteiger partial charge in [-0.1, -0.05) is 32.0 Å². The van der Waals surface area contributed by atoms with Gasteiger partial charge in [-0.3, -0.25) is 4.79 Å². The van der Waals surface area contributed by atoms with E-state index in [0.717, 1.165) is 36.7 Å². The van der Waals surface area contributed by atoms with E-state index < -0.39 is 18.0 Å². The predicted molar refractivity (Wildman–Crippen MR) is 147 cm³/mol. The van der Waals surface area contributed by atoms with Crippen molar-refractivity contribution in [2.45, 2.75) is 26.3 Å². The number of aromatic nitrogens is 1. The Hall–Kier alpha value is -2.85. The van der Waals surface area contributed by atoms with Crippen molar-refractivity contribution in [2.75, 3.05) is 25.6 Å². The van der Waals surface area contributed by atoms with Crippen LogP contribution in [0.1, 0.15) is 25.0 Å². The van der Waals surface area contributed by atoms with Crippen molar-refractivity contribution in [3.05, 3.63) is 62.7 Å². The first kappa shape index (κ1) is 26.7. The van der Waals surface area contributed by atoms with Crippen molar-refractivity contribution in [3.63, 3.8) is 0 Å². The Morgan fingerprint density at radius 1 is 1.17 bits per heavy atom. The molecule has 35 heavy (non-hydrogen) atoms. The minimum atomic E-state index is -0.874. The number of carbonyl (C=O) groups excluding carboxylic acids is 2. The Morgan fingerprint density at radius 3 is 2.51 bits per heavy atom. The van der Waals surface area contributed by atoms with Gasteiger partial charge >= 0.3 is 6.09 Å². The molecule has 0 fully saturated rings. The predicted octanol–water partition coefficient (Wildman–Crippen LogP) is 5.20. The highest BCUT2D eigenvalue weighted by molar-refractivity contribution is 9.11. The van der Waals surface area contributed by atoms with Crippen molar-refractivity contribution in [1.82, 2.24) is 15.7 Å². The molecule has 10 heteroatoms. The second kappa shape index (κ2) is 12.2. The number of nitrogens with one attached hydrogen (secondary N) is 3. The van der Waals surface area contributed by atoms with E-state index in [1.54, 1.807) is 6.21 Å². The molecular formula is C25H29Br2N5O3. The van der Waals surface area contributed by atoms with Crippen molar-refractivity contribution in [2.24, 2.45) is 11.0 Å². The fraction of sp³-hybridized carbons (Fsp3) is 0.320. The van der Waals surface area contributed by atoms with Crippen LogP contribution in [0.4, 0.5) is 10.5 Å². The molecule has 1 aromatic heterocycles. The van der Waals surface area contributed by atoms with E-state index >= 15 is 0 Å². The molecule has 2 amide bonds. The maximum atomic E-state index is 13.0. The zero-order valence-electron chi connectivity index (χ0n) is 20.1. The average molecular weight is 607 g/mol. The summed E-state index contributed by atoms with van der Waals surface area (Å²) >= 11 is 7.12. The van der Waals surface area contributed by atoms with Crippen LogP contribution >= 0.6 is 31.9 Å². The van der Waals surface area contributed by atoms with Crippen LogP contribution in [0.3, 0.4) is 0 Å². The molecule has 1 heterocycles. The second-order valence-corrected chi connectivity index (χ2v) is 10.4. The van der Waals surface area contributed by atoms with E-state index in [9.17, 15) is 9.59 Å². The molecule has 3 aromatic rings. The lowest BCUT2D eigenvalue weighted by molar-refractivity contribution is -0.123. The molecule has 0 saturated heterocycles. The number of fused-ring (bicyclic) bond motifs is 1. The summed E-state index contributed by atoms with van der Waals surface area (Å²) in [5.41, 5.74) is 6.19. The number of benzene rings is 2. The topological polar surface area (TPSA) is 98.8 Å². The molecule has 186 valence electrons. The largest absolute Gasteiger partial charge is 0.449 e. The van der Waals surface area contributed by atoms with Crippen molar-refractivity contribution in [1.29, 1.82) is 0 Å². The van der Waals surface area contributed by atoms with Gasteiger partial charge in [0.05, 0.1) is 18.5 Å². The number of H-pyrrole nitrogens is 1. The molecule has 0 unspecified atom stereocenters. The first-order valence-electron chi connectivity index (χ1n) is 11.1. The molecule has 0 radical (unpaired) electrons. The van der Waals surface area contributed by atoms with Crippen molar-refractivity contribution in [3.8, 4) is 0 Å². The van der Waals surface area contributed by atoms with E-state index in [0.29, 0.717) is 0 Å². The fourth-order valence-corrected chi connectivity index (χ4v) is 5.42. The van der Waals surface area contributed by atoms with Crippen LogP contribution < -0.4 is 15.6 Å². The summed E-state index contributed by atoms with van der Waals surface area (Å²) in [6.45, 7) is 4.15. The zero-order valence-corrected chi connectivity index (χ0v) is 23.2. The number of nitrogens with zero attached hydrogens (tertiary/aromatic N) is 2. The number of carbonyl (C=O) groups is 2. The van der Waals surface area contributed by atoms with Gasteiger partial charge in [-0.05, 0) is 67.1 Å². The molecule has 0 aliphatic carbocycles. The van der Waals surface area contributed by atoms with Gasteiger partial charge < -0.3 is 19.9 Å². The first-order valence-corrected chi connectivity index (χ1v) is 12.7. The van der Waals surface area contributed by atoms with E-state index in [2.05, 4.69) is 52.7 Å². The number of alkyl carbamates (subject to hydrolysis) is 1. The molecular weight excluding hydrogens is 578 g/mol. The van der Waals surface area contributed by atoms with E-state index in [1.165, 1.54) is 0 Å². The number of rotatable bonds is 9. The lowest BCUT2D eigenvalue weighted by atomic mass is 10.0. The number of amides is 2. The summed E-state index contributed by atoms with van der Waals surface area (Å²) in [5.74, 6) is -0.264. The van der Waals surface area contributed by atoms with Crippen LogP contribution in [0.2, 0.25) is 0 Å². The Labute approximate surface area is 221 Å². The highest BCUT2D eigenvalue weighted by Gasteiger charge is 2.23. The number of halogens is 2. The molecule has 8 nitrogen and oxygen atoms in total. The smallest absolute Gasteiger partial charge is 0.407 e. The number of hydrogen-bond acceptors (Lipinski definition) is 5. The third-order valence-corrected chi connectivity index (χ3v) is 6.34. The molecule has 0 aliphatic heterocycles. The van der Waals surface area contributed by atoms with Gasteiger partial charge in [0.1, 0.15) is 6.04 Å². The quantitative estimate of drug-likeness (QED) is 0.230. The Balaban J connectivity index is 1.75. The summed E-state index contributed by atoms with van der Waals surface area (Å²) in [5, 5.41) is 7.78. The third kappa shape index (κ3) is 7.32. The number of hydrogen-bond donors (Lipinski definition) is 3. The van der Waals surface area contributed by atoms with Gasteiger partial charge in [-0.25, -0.2) is 10.2 Å². The summed E-state index contributed by atoms with van der Waals surface area (Å²) < 4.78 is 7.00. The van der Waals surface area contributed by atoms with E-state index in [4.69, 9.17) is 4.74 Å². The standard InChI is InChI=1S/C25H29Br2N5O3/c1-15(2)14-35-25(34)30-22(11-17-13-28-21-8-6-5-7-18(17)21)24(33)31-29-12-16-9-19(26)23(32(3)4)20(27)10-16/h5-10,12-13,15,22,28H,11,14H2,1-4H3,(H,30,34)(H,31,33)/b29-12-/t22-/m0/s1. The Morgan fingerprint density at radius 2 is 1.86 bits per heavy atom. The maximum absolute atomic E-state index is 13.0. The van der Waals surface area contributed by atoms with E-state index in [1.807, 2.05) is 75.4 Å². The van der Waals surface area contributed by atoms with Gasteiger partial charge in [0.25, 0.3) is 5.91 Å². The highest BCUT2D eigenvalue weighted by atomic mass is 79.9.